The van der Waals surface area contributed by atoms with Gasteiger partial charge in [-0.2, -0.15) is 5.10 Å². The first-order valence-corrected chi connectivity index (χ1v) is 9.39. The molecule has 0 spiro atoms. The van der Waals surface area contributed by atoms with Gasteiger partial charge >= 0.3 is 0 Å². The molecular weight excluding hydrogens is 364 g/mol. The normalized spacial score (nSPS) is 10.7. The number of amides is 1. The second-order valence-electron chi connectivity index (χ2n) is 6.64. The van der Waals surface area contributed by atoms with Crippen LogP contribution in [-0.2, 0) is 11.4 Å². The van der Waals surface area contributed by atoms with Crippen molar-refractivity contribution in [3.8, 4) is 11.5 Å². The van der Waals surface area contributed by atoms with Gasteiger partial charge < -0.3 is 9.47 Å². The van der Waals surface area contributed by atoms with E-state index in [0.29, 0.717) is 18.1 Å². The summed E-state index contributed by atoms with van der Waals surface area (Å²) in [5, 5.41) is 4.02. The molecule has 0 aliphatic rings. The smallest absolute Gasteiger partial charge is 0.277 e. The molecule has 0 saturated carbocycles. The minimum absolute atomic E-state index is 0.105. The lowest BCUT2D eigenvalue weighted by atomic mass is 10.1. The van der Waals surface area contributed by atoms with Crippen LogP contribution in [0.2, 0.25) is 0 Å². The highest BCUT2D eigenvalue weighted by molar-refractivity contribution is 5.85. The van der Waals surface area contributed by atoms with Crippen molar-refractivity contribution >= 4 is 12.1 Å². The van der Waals surface area contributed by atoms with Crippen LogP contribution in [0.1, 0.15) is 22.3 Å². The summed E-state index contributed by atoms with van der Waals surface area (Å²) >= 11 is 0. The largest absolute Gasteiger partial charge is 0.488 e. The summed E-state index contributed by atoms with van der Waals surface area (Å²) in [7, 11) is 0. The molecular formula is C24H24N2O3. The number of nitrogens with one attached hydrogen (secondary N) is 1. The number of hydrazone groups is 1. The van der Waals surface area contributed by atoms with Crippen LogP contribution in [0.3, 0.4) is 0 Å². The van der Waals surface area contributed by atoms with Crippen molar-refractivity contribution < 1.29 is 14.3 Å². The maximum absolute atomic E-state index is 12.0. The van der Waals surface area contributed by atoms with Gasteiger partial charge in [0.05, 0.1) is 6.21 Å². The van der Waals surface area contributed by atoms with Gasteiger partial charge in [-0.05, 0) is 54.8 Å². The van der Waals surface area contributed by atoms with Gasteiger partial charge in [0, 0.05) is 5.56 Å². The van der Waals surface area contributed by atoms with Gasteiger partial charge in [0.25, 0.3) is 5.91 Å². The quantitative estimate of drug-likeness (QED) is 0.459. The predicted octanol–water partition coefficient (Wildman–Crippen LogP) is 4.41. The first-order chi connectivity index (χ1) is 14.1. The van der Waals surface area contributed by atoms with Crippen molar-refractivity contribution in [2.24, 2.45) is 5.10 Å². The van der Waals surface area contributed by atoms with Crippen molar-refractivity contribution in [2.75, 3.05) is 6.61 Å². The molecule has 29 heavy (non-hydrogen) atoms. The van der Waals surface area contributed by atoms with Crippen LogP contribution in [0, 0.1) is 13.8 Å². The Labute approximate surface area is 171 Å². The Morgan fingerprint density at radius 3 is 2.48 bits per heavy atom. The van der Waals surface area contributed by atoms with Crippen molar-refractivity contribution in [3.63, 3.8) is 0 Å². The van der Waals surface area contributed by atoms with Crippen molar-refractivity contribution in [2.45, 2.75) is 20.5 Å². The molecule has 0 unspecified atom stereocenters. The topological polar surface area (TPSA) is 59.9 Å². The second-order valence-corrected chi connectivity index (χ2v) is 6.64. The molecule has 0 aliphatic heterocycles. The zero-order valence-electron chi connectivity index (χ0n) is 16.6. The Bertz CT molecular complexity index is 984. The van der Waals surface area contributed by atoms with E-state index in [4.69, 9.17) is 9.47 Å². The molecule has 0 aliphatic carbocycles. The lowest BCUT2D eigenvalue weighted by Crippen LogP contribution is -2.24. The van der Waals surface area contributed by atoms with Crippen molar-refractivity contribution in [1.82, 2.24) is 5.43 Å². The number of nitrogens with zero attached hydrogens (tertiary/aromatic N) is 1. The Morgan fingerprint density at radius 2 is 1.69 bits per heavy atom. The minimum Gasteiger partial charge on any atom is -0.488 e. The fourth-order valence-corrected chi connectivity index (χ4v) is 2.61. The monoisotopic (exact) mass is 388 g/mol. The summed E-state index contributed by atoms with van der Waals surface area (Å²) in [6.45, 7) is 4.39. The standard InChI is InChI=1S/C24H24N2O3/c1-18-12-13-22(14-19(18)2)28-17-24(27)26-25-15-21-10-6-7-11-23(21)29-16-20-8-4-3-5-9-20/h3-15H,16-17H2,1-2H3,(H,26,27)/b25-15+. The number of ether oxygens (including phenoxy) is 2. The molecule has 5 nitrogen and oxygen atoms in total. The molecule has 0 atom stereocenters. The summed E-state index contributed by atoms with van der Waals surface area (Å²) in [6.07, 6.45) is 1.56. The number of rotatable bonds is 8. The van der Waals surface area contributed by atoms with Crippen LogP contribution in [-0.4, -0.2) is 18.7 Å². The van der Waals surface area contributed by atoms with E-state index in [9.17, 15) is 4.79 Å². The van der Waals surface area contributed by atoms with Crippen LogP contribution in [0.5, 0.6) is 11.5 Å². The molecule has 148 valence electrons. The van der Waals surface area contributed by atoms with E-state index in [2.05, 4.69) is 10.5 Å². The number of hydrogen-bond acceptors (Lipinski definition) is 4. The van der Waals surface area contributed by atoms with E-state index in [1.54, 1.807) is 6.21 Å². The Morgan fingerprint density at radius 1 is 0.931 bits per heavy atom. The van der Waals surface area contributed by atoms with E-state index in [1.807, 2.05) is 86.6 Å². The van der Waals surface area contributed by atoms with Crippen LogP contribution in [0.25, 0.3) is 0 Å². The maximum atomic E-state index is 12.0. The van der Waals surface area contributed by atoms with E-state index in [1.165, 1.54) is 5.56 Å². The van der Waals surface area contributed by atoms with E-state index in [0.717, 1.165) is 16.7 Å². The molecule has 3 aromatic rings. The van der Waals surface area contributed by atoms with Gasteiger partial charge in [-0.3, -0.25) is 4.79 Å². The molecule has 1 amide bonds. The van der Waals surface area contributed by atoms with Gasteiger partial charge in [0.1, 0.15) is 18.1 Å². The zero-order chi connectivity index (χ0) is 20.5. The third kappa shape index (κ3) is 6.21. The summed E-state index contributed by atoms with van der Waals surface area (Å²) in [6, 6.07) is 23.2. The second kappa shape index (κ2) is 10.1. The minimum atomic E-state index is -0.331. The third-order valence-electron chi connectivity index (χ3n) is 4.40. The molecule has 3 rings (SSSR count). The van der Waals surface area contributed by atoms with Crippen molar-refractivity contribution in [3.05, 3.63) is 95.1 Å². The molecule has 0 heterocycles. The molecule has 1 N–H and O–H groups in total. The lowest BCUT2D eigenvalue weighted by molar-refractivity contribution is -0.123. The molecule has 0 bridgehead atoms. The number of para-hydroxylation sites is 1. The fourth-order valence-electron chi connectivity index (χ4n) is 2.61. The Hall–Kier alpha value is -3.60. The van der Waals surface area contributed by atoms with Crippen LogP contribution in [0.4, 0.5) is 0 Å². The number of carbonyl (C=O) groups is 1. The predicted molar refractivity (Wildman–Crippen MR) is 114 cm³/mol. The number of carbonyl (C=O) groups excluding carboxylic acids is 1. The lowest BCUT2D eigenvalue weighted by Gasteiger charge is -2.09. The van der Waals surface area contributed by atoms with Gasteiger partial charge in [0.15, 0.2) is 6.61 Å². The first-order valence-electron chi connectivity index (χ1n) is 9.39. The highest BCUT2D eigenvalue weighted by atomic mass is 16.5. The van der Waals surface area contributed by atoms with E-state index >= 15 is 0 Å². The average molecular weight is 388 g/mol. The highest BCUT2D eigenvalue weighted by Gasteiger charge is 2.04. The summed E-state index contributed by atoms with van der Waals surface area (Å²) in [5.41, 5.74) is 6.63. The van der Waals surface area contributed by atoms with Crippen LogP contribution in [0.15, 0.2) is 77.9 Å². The molecule has 0 saturated heterocycles. The van der Waals surface area contributed by atoms with E-state index < -0.39 is 0 Å². The SMILES string of the molecule is Cc1ccc(OCC(=O)N/N=C/c2ccccc2OCc2ccccc2)cc1C. The van der Waals surface area contributed by atoms with Gasteiger partial charge in [-0.25, -0.2) is 5.43 Å². The van der Waals surface area contributed by atoms with Crippen LogP contribution >= 0.6 is 0 Å². The Balaban J connectivity index is 1.51. The van der Waals surface area contributed by atoms with E-state index in [-0.39, 0.29) is 12.5 Å². The highest BCUT2D eigenvalue weighted by Crippen LogP contribution is 2.18. The molecule has 5 heteroatoms. The third-order valence-corrected chi connectivity index (χ3v) is 4.40. The first kappa shape index (κ1) is 20.1. The molecule has 3 aromatic carbocycles. The number of aryl methyl sites for hydroxylation is 2. The molecule has 0 fully saturated rings. The molecule has 0 aromatic heterocycles. The summed E-state index contributed by atoms with van der Waals surface area (Å²) in [5.74, 6) is 1.02. The zero-order valence-corrected chi connectivity index (χ0v) is 16.6. The summed E-state index contributed by atoms with van der Waals surface area (Å²) < 4.78 is 11.4. The van der Waals surface area contributed by atoms with Crippen molar-refractivity contribution in [1.29, 1.82) is 0 Å². The molecule has 0 radical (unpaired) electrons. The average Bonchev–Trinajstić information content (AvgIpc) is 2.74. The fraction of sp³-hybridized carbons (Fsp3) is 0.167. The van der Waals surface area contributed by atoms with Gasteiger partial charge in [-0.15, -0.1) is 0 Å². The Kier molecular flexibility index (Phi) is 7.00. The number of benzene rings is 3. The van der Waals surface area contributed by atoms with Crippen LogP contribution < -0.4 is 14.9 Å². The van der Waals surface area contributed by atoms with Gasteiger partial charge in [-0.1, -0.05) is 48.5 Å². The maximum Gasteiger partial charge on any atom is 0.277 e. The number of hydrogen-bond donors (Lipinski definition) is 1. The summed E-state index contributed by atoms with van der Waals surface area (Å²) in [4.78, 5) is 12.0. The van der Waals surface area contributed by atoms with Gasteiger partial charge in [0.2, 0.25) is 0 Å².